The Morgan fingerprint density at radius 1 is 1.18 bits per heavy atom. The molecule has 0 saturated heterocycles. The van der Waals surface area contributed by atoms with Crippen LogP contribution in [0.5, 0.6) is 5.75 Å². The van der Waals surface area contributed by atoms with E-state index in [1.54, 1.807) is 0 Å². The molecule has 0 aliphatic rings. The van der Waals surface area contributed by atoms with Crippen molar-refractivity contribution in [2.45, 2.75) is 32.8 Å². The maximum absolute atomic E-state index is 10.8. The number of carboxylic acids is 1. The molecule has 2 aromatic carbocycles. The number of aromatic carboxylic acids is 1. The van der Waals surface area contributed by atoms with Gasteiger partial charge in [-0.1, -0.05) is 47.1 Å². The van der Waals surface area contributed by atoms with Gasteiger partial charge in [0.15, 0.2) is 5.82 Å². The molecular formula is C22H26BN3O7. The number of aromatic hydroxyl groups is 1. The minimum atomic E-state index is -1.82. The van der Waals surface area contributed by atoms with Crippen molar-refractivity contribution in [1.82, 2.24) is 10.5 Å². The molecule has 174 valence electrons. The number of aryl methyl sites for hydroxylation is 2. The van der Waals surface area contributed by atoms with Crippen LogP contribution in [0.1, 0.15) is 32.8 Å². The normalized spacial score (nSPS) is 11.0. The maximum Gasteiger partial charge on any atom is 0.475 e. The van der Waals surface area contributed by atoms with Crippen LogP contribution >= 0.6 is 0 Å². The fourth-order valence-electron chi connectivity index (χ4n) is 2.97. The maximum atomic E-state index is 10.8. The van der Waals surface area contributed by atoms with E-state index in [9.17, 15) is 14.7 Å². The minimum absolute atomic E-state index is 0.108. The lowest BCUT2D eigenvalue weighted by molar-refractivity contribution is -0.109. The first-order valence-electron chi connectivity index (χ1n) is 10.0. The molecule has 0 bridgehead atoms. The Hall–Kier alpha value is -3.83. The van der Waals surface area contributed by atoms with E-state index < -0.39 is 24.8 Å². The Kier molecular flexibility index (Phi) is 9.46. The van der Waals surface area contributed by atoms with Gasteiger partial charge < -0.3 is 35.4 Å². The van der Waals surface area contributed by atoms with Crippen LogP contribution < -0.4 is 10.6 Å². The molecule has 0 radical (unpaired) electrons. The molecular weight excluding hydrogens is 429 g/mol. The van der Waals surface area contributed by atoms with Crippen LogP contribution in [-0.2, 0) is 17.8 Å². The third kappa shape index (κ3) is 7.98. The average Bonchev–Trinajstić information content (AvgIpc) is 3.18. The van der Waals surface area contributed by atoms with Crippen LogP contribution in [0.25, 0.3) is 0 Å². The monoisotopic (exact) mass is 455 g/mol. The topological polar surface area (TPSA) is 165 Å². The van der Waals surface area contributed by atoms with Crippen molar-refractivity contribution in [3.05, 3.63) is 76.5 Å². The molecule has 11 heteroatoms. The predicted molar refractivity (Wildman–Crippen MR) is 122 cm³/mol. The number of hydrogen-bond donors (Lipinski definition) is 6. The van der Waals surface area contributed by atoms with E-state index in [1.165, 1.54) is 29.3 Å². The van der Waals surface area contributed by atoms with E-state index in [2.05, 4.69) is 47.0 Å². The summed E-state index contributed by atoms with van der Waals surface area (Å²) in [6.45, 7) is 4.74. The molecule has 6 N–H and O–H groups in total. The molecule has 0 aliphatic heterocycles. The van der Waals surface area contributed by atoms with E-state index in [1.807, 2.05) is 13.0 Å². The summed E-state index contributed by atoms with van der Waals surface area (Å²) < 4.78 is 4.96. The molecule has 1 unspecified atom stereocenters. The molecule has 1 heterocycles. The molecule has 10 nitrogen and oxygen atoms in total. The number of nitrogens with one attached hydrogen (secondary N) is 2. The number of hydrogen-bond acceptors (Lipinski definition) is 8. The van der Waals surface area contributed by atoms with E-state index in [4.69, 9.17) is 19.7 Å². The molecule has 0 saturated carbocycles. The molecule has 1 atom stereocenters. The summed E-state index contributed by atoms with van der Waals surface area (Å²) in [5.74, 6) is -1.17. The van der Waals surface area contributed by atoms with Gasteiger partial charge in [-0.3, -0.25) is 4.79 Å². The van der Waals surface area contributed by atoms with Crippen LogP contribution in [0, 0.1) is 13.8 Å². The van der Waals surface area contributed by atoms with Gasteiger partial charge in [0.25, 0.3) is 0 Å². The van der Waals surface area contributed by atoms with Crippen LogP contribution in [0.15, 0.2) is 53.1 Å². The first-order chi connectivity index (χ1) is 15.7. The van der Waals surface area contributed by atoms with E-state index >= 15 is 0 Å². The first kappa shape index (κ1) is 25.4. The number of carboxylic acid groups (broad SMARTS) is 1. The van der Waals surface area contributed by atoms with E-state index in [-0.39, 0.29) is 17.5 Å². The SMILES string of the molecule is Cc1cccc(CNc2cc(C)on2)c1.O=CNC(Cc1cccc(C(=O)O)c1O)B(O)O. The number of nitrogens with zero attached hydrogens (tertiary/aromatic N) is 1. The summed E-state index contributed by atoms with van der Waals surface area (Å²) >= 11 is 0. The lowest BCUT2D eigenvalue weighted by atomic mass is 9.76. The molecule has 33 heavy (non-hydrogen) atoms. The van der Waals surface area contributed by atoms with E-state index in [0.717, 1.165) is 18.1 Å². The highest BCUT2D eigenvalue weighted by Gasteiger charge is 2.25. The van der Waals surface area contributed by atoms with Gasteiger partial charge in [-0.25, -0.2) is 4.79 Å². The first-order valence-corrected chi connectivity index (χ1v) is 10.0. The van der Waals surface area contributed by atoms with Gasteiger partial charge >= 0.3 is 13.1 Å². The summed E-state index contributed by atoms with van der Waals surface area (Å²) in [7, 11) is -1.82. The standard InChI is InChI=1S/C12H14N2O.C10H12BNO6/c1-9-4-3-5-11(6-9)8-13-12-7-10(2)15-14-12;13-5-12-8(11(17)18)4-6-2-1-3-7(9(6)14)10(15)16/h3-7H,8H2,1-2H3,(H,13,14);1-3,5,8,14,17-18H,4H2,(H,12,13)(H,15,16). The van der Waals surface area contributed by atoms with Gasteiger partial charge in [0.1, 0.15) is 17.1 Å². The van der Waals surface area contributed by atoms with Crippen molar-refractivity contribution in [2.24, 2.45) is 0 Å². The Morgan fingerprint density at radius 3 is 2.48 bits per heavy atom. The molecule has 0 fully saturated rings. The number of phenols is 1. The summed E-state index contributed by atoms with van der Waals surface area (Å²) in [5.41, 5.74) is 2.42. The molecule has 3 aromatic rings. The largest absolute Gasteiger partial charge is 0.507 e. The highest BCUT2D eigenvalue weighted by Crippen LogP contribution is 2.23. The van der Waals surface area contributed by atoms with Gasteiger partial charge in [-0.15, -0.1) is 0 Å². The molecule has 0 spiro atoms. The fraction of sp³-hybridized carbons (Fsp3) is 0.227. The van der Waals surface area contributed by atoms with E-state index in [0.29, 0.717) is 6.41 Å². The van der Waals surface area contributed by atoms with Crippen molar-refractivity contribution >= 4 is 25.3 Å². The van der Waals surface area contributed by atoms with Crippen LogP contribution in [0.2, 0.25) is 0 Å². The van der Waals surface area contributed by atoms with Crippen molar-refractivity contribution in [3.63, 3.8) is 0 Å². The smallest absolute Gasteiger partial charge is 0.475 e. The van der Waals surface area contributed by atoms with Crippen LogP contribution in [-0.4, -0.2) is 50.9 Å². The summed E-state index contributed by atoms with van der Waals surface area (Å²) in [4.78, 5) is 21.1. The van der Waals surface area contributed by atoms with Gasteiger partial charge in [-0.05, 0) is 37.5 Å². The minimum Gasteiger partial charge on any atom is -0.507 e. The third-order valence-corrected chi connectivity index (χ3v) is 4.62. The summed E-state index contributed by atoms with van der Waals surface area (Å²) in [6.07, 6.45) is 0.186. The number of aromatic nitrogens is 1. The summed E-state index contributed by atoms with van der Waals surface area (Å²) in [5, 5.41) is 45.8. The molecule has 0 aliphatic carbocycles. The highest BCUT2D eigenvalue weighted by molar-refractivity contribution is 6.43. The molecule has 3 rings (SSSR count). The van der Waals surface area contributed by atoms with Crippen molar-refractivity contribution in [2.75, 3.05) is 5.32 Å². The van der Waals surface area contributed by atoms with Crippen molar-refractivity contribution in [1.29, 1.82) is 0 Å². The molecule has 1 amide bonds. The number of para-hydroxylation sites is 1. The number of anilines is 1. The lowest BCUT2D eigenvalue weighted by Gasteiger charge is -2.16. The van der Waals surface area contributed by atoms with Crippen molar-refractivity contribution < 1.29 is 34.4 Å². The van der Waals surface area contributed by atoms with Gasteiger partial charge in [0, 0.05) is 12.6 Å². The van der Waals surface area contributed by atoms with Gasteiger partial charge in [0.2, 0.25) is 6.41 Å². The fourth-order valence-corrected chi connectivity index (χ4v) is 2.97. The second kappa shape index (κ2) is 12.3. The lowest BCUT2D eigenvalue weighted by Crippen LogP contribution is -2.44. The van der Waals surface area contributed by atoms with Crippen molar-refractivity contribution in [3.8, 4) is 5.75 Å². The zero-order valence-corrected chi connectivity index (χ0v) is 18.2. The Labute approximate surface area is 191 Å². The second-order valence-corrected chi connectivity index (χ2v) is 7.29. The van der Waals surface area contributed by atoms with Crippen LogP contribution in [0.3, 0.4) is 0 Å². The summed E-state index contributed by atoms with van der Waals surface area (Å²) in [6, 6.07) is 14.3. The molecule has 1 aromatic heterocycles. The second-order valence-electron chi connectivity index (χ2n) is 7.29. The predicted octanol–water partition coefficient (Wildman–Crippen LogP) is 1.66. The number of benzene rings is 2. The number of amides is 1. The van der Waals surface area contributed by atoms with Gasteiger partial charge in [-0.2, -0.15) is 0 Å². The average molecular weight is 455 g/mol. The Bertz CT molecular complexity index is 1070. The van der Waals surface area contributed by atoms with Gasteiger partial charge in [0.05, 0.1) is 5.94 Å². The number of rotatable bonds is 9. The Balaban J connectivity index is 0.000000237. The number of carbonyl (C=O) groups is 2. The van der Waals surface area contributed by atoms with Crippen LogP contribution in [0.4, 0.5) is 5.82 Å². The quantitative estimate of drug-likeness (QED) is 0.208. The zero-order chi connectivity index (χ0) is 24.4. The Morgan fingerprint density at radius 2 is 1.91 bits per heavy atom. The number of carbonyl (C=O) groups excluding carboxylic acids is 1. The zero-order valence-electron chi connectivity index (χ0n) is 18.2. The third-order valence-electron chi connectivity index (χ3n) is 4.62. The highest BCUT2D eigenvalue weighted by atomic mass is 16.5.